The Morgan fingerprint density at radius 1 is 0.692 bits per heavy atom. The van der Waals surface area contributed by atoms with Gasteiger partial charge < -0.3 is 15.4 Å². The number of carbonyl (C=O) groups is 3. The summed E-state index contributed by atoms with van der Waals surface area (Å²) in [6.45, 7) is 0.432. The SMILES string of the molecule is O=C(Nc1cccc(SCC(=O)N2c3ccccc3Sc3ccccc32)c1)/C(=C/c1ccc(OCc2ccccc2)cc1)NC(=O)c1ccccc1. The van der Waals surface area contributed by atoms with Gasteiger partial charge in [0.25, 0.3) is 11.8 Å². The molecule has 0 spiro atoms. The fourth-order valence-corrected chi connectivity index (χ4v) is 7.42. The Kier molecular flexibility index (Phi) is 10.8. The van der Waals surface area contributed by atoms with Gasteiger partial charge in [0.05, 0.1) is 17.1 Å². The quantitative estimate of drug-likeness (QED) is 0.102. The van der Waals surface area contributed by atoms with Gasteiger partial charge in [-0.25, -0.2) is 0 Å². The monoisotopic (exact) mass is 719 g/mol. The van der Waals surface area contributed by atoms with E-state index in [0.29, 0.717) is 29.2 Å². The number of carbonyl (C=O) groups excluding carboxylic acids is 3. The number of nitrogens with zero attached hydrogens (tertiary/aromatic N) is 1. The van der Waals surface area contributed by atoms with E-state index in [4.69, 9.17) is 4.74 Å². The minimum Gasteiger partial charge on any atom is -0.489 e. The van der Waals surface area contributed by atoms with Gasteiger partial charge in [0.1, 0.15) is 18.1 Å². The average Bonchev–Trinajstić information content (AvgIpc) is 3.19. The maximum atomic E-state index is 13.7. The van der Waals surface area contributed by atoms with Crippen molar-refractivity contribution in [3.8, 4) is 5.75 Å². The van der Waals surface area contributed by atoms with Crippen LogP contribution in [-0.2, 0) is 16.2 Å². The first-order valence-corrected chi connectivity index (χ1v) is 18.4. The highest BCUT2D eigenvalue weighted by Crippen LogP contribution is 2.48. The molecule has 0 radical (unpaired) electrons. The predicted octanol–water partition coefficient (Wildman–Crippen LogP) is 9.60. The zero-order valence-corrected chi connectivity index (χ0v) is 29.5. The van der Waals surface area contributed by atoms with E-state index in [1.807, 2.05) is 127 Å². The third-order valence-electron chi connectivity index (χ3n) is 8.10. The molecule has 7 nitrogen and oxygen atoms in total. The molecule has 3 amide bonds. The Bertz CT molecular complexity index is 2200. The van der Waals surface area contributed by atoms with E-state index in [2.05, 4.69) is 10.6 Å². The number of anilines is 3. The Morgan fingerprint density at radius 3 is 2.02 bits per heavy atom. The summed E-state index contributed by atoms with van der Waals surface area (Å²) >= 11 is 3.04. The highest BCUT2D eigenvalue weighted by Gasteiger charge is 2.27. The number of para-hydroxylation sites is 2. The molecule has 1 aliphatic heterocycles. The molecule has 6 aromatic rings. The van der Waals surface area contributed by atoms with Crippen LogP contribution in [0.1, 0.15) is 21.5 Å². The molecule has 0 bridgehead atoms. The number of hydrogen-bond donors (Lipinski definition) is 2. The minimum atomic E-state index is -0.494. The molecule has 256 valence electrons. The Balaban J connectivity index is 1.05. The molecule has 0 aromatic heterocycles. The third-order valence-corrected chi connectivity index (χ3v) is 10.2. The van der Waals surface area contributed by atoms with Crippen LogP contribution < -0.4 is 20.3 Å². The van der Waals surface area contributed by atoms with Gasteiger partial charge in [0.2, 0.25) is 5.91 Å². The number of nitrogens with one attached hydrogen (secondary N) is 2. The molecule has 6 aromatic carbocycles. The van der Waals surface area contributed by atoms with Gasteiger partial charge >= 0.3 is 0 Å². The van der Waals surface area contributed by atoms with Crippen molar-refractivity contribution in [1.29, 1.82) is 0 Å². The van der Waals surface area contributed by atoms with Crippen molar-refractivity contribution in [2.24, 2.45) is 0 Å². The van der Waals surface area contributed by atoms with Crippen LogP contribution in [0, 0.1) is 0 Å². The van der Waals surface area contributed by atoms with Crippen molar-refractivity contribution in [2.75, 3.05) is 16.0 Å². The lowest BCUT2D eigenvalue weighted by Gasteiger charge is -2.31. The fraction of sp³-hybridized carbons (Fsp3) is 0.0465. The molecule has 0 atom stereocenters. The van der Waals surface area contributed by atoms with Crippen LogP contribution in [0.4, 0.5) is 17.1 Å². The van der Waals surface area contributed by atoms with Crippen LogP contribution in [-0.4, -0.2) is 23.5 Å². The second-order valence-corrected chi connectivity index (χ2v) is 13.9. The molecule has 52 heavy (non-hydrogen) atoms. The van der Waals surface area contributed by atoms with Gasteiger partial charge in [0.15, 0.2) is 0 Å². The van der Waals surface area contributed by atoms with E-state index in [9.17, 15) is 14.4 Å². The Labute approximate surface area is 310 Å². The topological polar surface area (TPSA) is 87.7 Å². The second kappa shape index (κ2) is 16.3. The lowest BCUT2D eigenvalue weighted by molar-refractivity contribution is -0.115. The highest BCUT2D eigenvalue weighted by atomic mass is 32.2. The molecule has 0 fully saturated rings. The van der Waals surface area contributed by atoms with Crippen molar-refractivity contribution in [3.63, 3.8) is 0 Å². The van der Waals surface area contributed by atoms with Gasteiger partial charge in [-0.3, -0.25) is 19.3 Å². The van der Waals surface area contributed by atoms with E-state index in [-0.39, 0.29) is 17.4 Å². The van der Waals surface area contributed by atoms with E-state index in [1.165, 1.54) is 11.8 Å². The van der Waals surface area contributed by atoms with E-state index in [1.54, 1.807) is 53.1 Å². The zero-order valence-electron chi connectivity index (χ0n) is 27.9. The molecule has 2 N–H and O–H groups in total. The fourth-order valence-electron chi connectivity index (χ4n) is 5.56. The normalized spacial score (nSPS) is 11.9. The molecule has 1 aliphatic rings. The molecule has 0 unspecified atom stereocenters. The van der Waals surface area contributed by atoms with E-state index < -0.39 is 11.8 Å². The summed E-state index contributed by atoms with van der Waals surface area (Å²) in [6, 6.07) is 49.0. The van der Waals surface area contributed by atoms with Gasteiger partial charge in [0, 0.05) is 25.9 Å². The Morgan fingerprint density at radius 2 is 1.33 bits per heavy atom. The second-order valence-electron chi connectivity index (χ2n) is 11.8. The largest absolute Gasteiger partial charge is 0.489 e. The minimum absolute atomic E-state index is 0.0510. The van der Waals surface area contributed by atoms with E-state index >= 15 is 0 Å². The summed E-state index contributed by atoms with van der Waals surface area (Å²) in [6.07, 6.45) is 1.63. The predicted molar refractivity (Wildman–Crippen MR) is 209 cm³/mol. The first-order valence-electron chi connectivity index (χ1n) is 16.6. The first-order chi connectivity index (χ1) is 25.5. The van der Waals surface area contributed by atoms with Crippen LogP contribution in [0.25, 0.3) is 6.08 Å². The van der Waals surface area contributed by atoms with Crippen molar-refractivity contribution in [1.82, 2.24) is 5.32 Å². The molecule has 9 heteroatoms. The number of fused-ring (bicyclic) bond motifs is 2. The molecular formula is C43H33N3O4S2. The van der Waals surface area contributed by atoms with Crippen LogP contribution >= 0.6 is 23.5 Å². The molecule has 1 heterocycles. The van der Waals surface area contributed by atoms with Crippen LogP contribution in [0.15, 0.2) is 178 Å². The van der Waals surface area contributed by atoms with Crippen LogP contribution in [0.3, 0.4) is 0 Å². The zero-order chi connectivity index (χ0) is 35.7. The molecular weight excluding hydrogens is 687 g/mol. The van der Waals surface area contributed by atoms with Crippen molar-refractivity contribution in [2.45, 2.75) is 21.3 Å². The summed E-state index contributed by atoms with van der Waals surface area (Å²) in [4.78, 5) is 45.3. The number of hydrogen-bond acceptors (Lipinski definition) is 6. The average molecular weight is 720 g/mol. The third kappa shape index (κ3) is 8.46. The number of thioether (sulfide) groups is 1. The van der Waals surface area contributed by atoms with Gasteiger partial charge in [-0.1, -0.05) is 103 Å². The van der Waals surface area contributed by atoms with Gasteiger partial charge in [-0.2, -0.15) is 0 Å². The van der Waals surface area contributed by atoms with Crippen molar-refractivity contribution >= 4 is 64.4 Å². The smallest absolute Gasteiger partial charge is 0.272 e. The summed E-state index contributed by atoms with van der Waals surface area (Å²) in [5.41, 5.74) is 4.51. The molecule has 7 rings (SSSR count). The summed E-state index contributed by atoms with van der Waals surface area (Å²) in [5.74, 6) is -0.0859. The number of rotatable bonds is 11. The summed E-state index contributed by atoms with van der Waals surface area (Å²) in [5, 5.41) is 5.72. The van der Waals surface area contributed by atoms with Crippen LogP contribution in [0.2, 0.25) is 0 Å². The molecule has 0 aliphatic carbocycles. The lowest BCUT2D eigenvalue weighted by atomic mass is 10.1. The van der Waals surface area contributed by atoms with Crippen molar-refractivity contribution in [3.05, 3.63) is 180 Å². The number of amides is 3. The van der Waals surface area contributed by atoms with Crippen molar-refractivity contribution < 1.29 is 19.1 Å². The molecule has 0 saturated heterocycles. The Hall–Kier alpha value is -6.03. The first kappa shape index (κ1) is 34.4. The van der Waals surface area contributed by atoms with E-state index in [0.717, 1.165) is 31.6 Å². The maximum absolute atomic E-state index is 13.7. The standard InChI is InChI=1S/C43H33N3O4S2/c47-41(46-37-18-7-9-20-39(37)52-40-21-10-8-19-38(40)46)29-51-35-17-11-16-33(27-35)44-43(49)36(45-42(48)32-14-5-2-6-15-32)26-30-22-24-34(25-23-30)50-28-31-12-3-1-4-13-31/h1-27H,28-29H2,(H,44,49)(H,45,48)/b36-26-. The van der Waals surface area contributed by atoms with Gasteiger partial charge in [-0.15, -0.1) is 11.8 Å². The highest BCUT2D eigenvalue weighted by molar-refractivity contribution is 8.00. The molecule has 0 saturated carbocycles. The lowest BCUT2D eigenvalue weighted by Crippen LogP contribution is -2.30. The summed E-state index contributed by atoms with van der Waals surface area (Å²) < 4.78 is 5.92. The number of benzene rings is 6. The van der Waals surface area contributed by atoms with Crippen LogP contribution in [0.5, 0.6) is 5.75 Å². The van der Waals surface area contributed by atoms with Gasteiger partial charge in [-0.05, 0) is 83.9 Å². The number of ether oxygens (including phenoxy) is 1. The summed E-state index contributed by atoms with van der Waals surface area (Å²) in [7, 11) is 0. The maximum Gasteiger partial charge on any atom is 0.272 e.